The molecule has 0 bridgehead atoms. The van der Waals surface area contributed by atoms with Gasteiger partial charge in [0.2, 0.25) is 0 Å². The Hall–Kier alpha value is -1.12. The van der Waals surface area contributed by atoms with Crippen LogP contribution < -0.4 is 5.73 Å². The predicted octanol–water partition coefficient (Wildman–Crippen LogP) is 4.52. The number of nitrogens with two attached hydrogens (primary N) is 1. The second-order valence-electron chi connectivity index (χ2n) is 3.94. The predicted molar refractivity (Wildman–Crippen MR) is 76.6 cm³/mol. The molecule has 0 spiro atoms. The summed E-state index contributed by atoms with van der Waals surface area (Å²) < 4.78 is 0. The summed E-state index contributed by atoms with van der Waals surface area (Å²) in [7, 11) is 0. The first-order chi connectivity index (χ1) is 8.16. The van der Waals surface area contributed by atoms with Crippen LogP contribution in [0.15, 0.2) is 47.4 Å². The van der Waals surface area contributed by atoms with Crippen molar-refractivity contribution in [2.75, 3.05) is 5.73 Å². The quantitative estimate of drug-likeness (QED) is 0.651. The minimum absolute atomic E-state index is 0.725. The van der Waals surface area contributed by atoms with Gasteiger partial charge in [0.25, 0.3) is 0 Å². The van der Waals surface area contributed by atoms with Crippen LogP contribution in [0, 0.1) is 6.92 Å². The molecule has 2 aromatic carbocycles. The smallest absolute Gasteiger partial charge is 0.0562 e. The lowest BCUT2D eigenvalue weighted by atomic mass is 10.2. The fourth-order valence-electron chi connectivity index (χ4n) is 1.64. The molecule has 0 aliphatic rings. The molecule has 2 aromatic rings. The average molecular weight is 264 g/mol. The van der Waals surface area contributed by atoms with E-state index >= 15 is 0 Å². The Morgan fingerprint density at radius 3 is 2.65 bits per heavy atom. The van der Waals surface area contributed by atoms with Crippen LogP contribution in [0.1, 0.15) is 11.1 Å². The van der Waals surface area contributed by atoms with Crippen LogP contribution in [0.4, 0.5) is 5.69 Å². The molecule has 17 heavy (non-hydrogen) atoms. The van der Waals surface area contributed by atoms with Crippen molar-refractivity contribution >= 4 is 29.1 Å². The summed E-state index contributed by atoms with van der Waals surface area (Å²) >= 11 is 7.80. The number of aryl methyl sites for hydroxylation is 1. The largest absolute Gasteiger partial charge is 0.398 e. The molecule has 0 fully saturated rings. The third-order valence-corrected chi connectivity index (χ3v) is 4.11. The highest BCUT2D eigenvalue weighted by molar-refractivity contribution is 7.98. The summed E-state index contributed by atoms with van der Waals surface area (Å²) in [5, 5.41) is 0.725. The first-order valence-electron chi connectivity index (χ1n) is 5.39. The lowest BCUT2D eigenvalue weighted by Crippen LogP contribution is -1.90. The standard InChI is InChI=1S/C14H14ClNS/c1-10-4-2-5-11(8-10)9-17-14-12(15)6-3-7-13(14)16/h2-8H,9,16H2,1H3. The molecule has 0 radical (unpaired) electrons. The normalized spacial score (nSPS) is 10.5. The van der Waals surface area contributed by atoms with Crippen molar-refractivity contribution < 1.29 is 0 Å². The molecule has 0 aliphatic carbocycles. The number of hydrogen-bond acceptors (Lipinski definition) is 2. The van der Waals surface area contributed by atoms with Crippen LogP contribution in [0.3, 0.4) is 0 Å². The molecular formula is C14H14ClNS. The van der Waals surface area contributed by atoms with E-state index in [0.717, 1.165) is 21.4 Å². The fraction of sp³-hybridized carbons (Fsp3) is 0.143. The van der Waals surface area contributed by atoms with Crippen LogP contribution in [-0.4, -0.2) is 0 Å². The summed E-state index contributed by atoms with van der Waals surface area (Å²) in [4.78, 5) is 0.968. The average Bonchev–Trinajstić information content (AvgIpc) is 2.28. The summed E-state index contributed by atoms with van der Waals surface area (Å²) in [5.74, 6) is 0.885. The van der Waals surface area contributed by atoms with Gasteiger partial charge in [0.15, 0.2) is 0 Å². The molecule has 0 unspecified atom stereocenters. The Balaban J connectivity index is 2.13. The first-order valence-corrected chi connectivity index (χ1v) is 6.75. The second kappa shape index (κ2) is 5.48. The number of benzene rings is 2. The molecule has 88 valence electrons. The highest BCUT2D eigenvalue weighted by Gasteiger charge is 2.05. The molecule has 0 aliphatic heterocycles. The fourth-order valence-corrected chi connectivity index (χ4v) is 2.91. The Bertz CT molecular complexity index is 505. The molecular weight excluding hydrogens is 250 g/mol. The molecule has 0 atom stereocenters. The molecule has 2 rings (SSSR count). The van der Waals surface area contributed by atoms with E-state index in [-0.39, 0.29) is 0 Å². The van der Waals surface area contributed by atoms with E-state index < -0.39 is 0 Å². The number of anilines is 1. The van der Waals surface area contributed by atoms with Crippen LogP contribution in [0.25, 0.3) is 0 Å². The van der Waals surface area contributed by atoms with E-state index in [1.807, 2.05) is 18.2 Å². The van der Waals surface area contributed by atoms with Gasteiger partial charge in [0.1, 0.15) is 0 Å². The Labute approximate surface area is 111 Å². The van der Waals surface area contributed by atoms with E-state index in [4.69, 9.17) is 17.3 Å². The van der Waals surface area contributed by atoms with Gasteiger partial charge in [-0.1, -0.05) is 47.5 Å². The van der Waals surface area contributed by atoms with Crippen molar-refractivity contribution in [3.63, 3.8) is 0 Å². The SMILES string of the molecule is Cc1cccc(CSc2c(N)cccc2Cl)c1. The number of nitrogen functional groups attached to an aromatic ring is 1. The Kier molecular flexibility index (Phi) is 3.97. The van der Waals surface area contributed by atoms with E-state index in [1.165, 1.54) is 11.1 Å². The minimum Gasteiger partial charge on any atom is -0.398 e. The summed E-state index contributed by atoms with van der Waals surface area (Å²) in [6.07, 6.45) is 0. The zero-order chi connectivity index (χ0) is 12.3. The summed E-state index contributed by atoms with van der Waals surface area (Å²) in [5.41, 5.74) is 9.22. The zero-order valence-corrected chi connectivity index (χ0v) is 11.2. The Morgan fingerprint density at radius 1 is 1.18 bits per heavy atom. The van der Waals surface area contributed by atoms with E-state index in [1.54, 1.807) is 11.8 Å². The lowest BCUT2D eigenvalue weighted by molar-refractivity contribution is 1.34. The second-order valence-corrected chi connectivity index (χ2v) is 5.33. The first kappa shape index (κ1) is 12.3. The third kappa shape index (κ3) is 3.18. The van der Waals surface area contributed by atoms with Crippen molar-refractivity contribution in [2.45, 2.75) is 17.6 Å². The van der Waals surface area contributed by atoms with Crippen molar-refractivity contribution in [1.29, 1.82) is 0 Å². The number of halogens is 1. The maximum absolute atomic E-state index is 6.13. The van der Waals surface area contributed by atoms with E-state index in [2.05, 4.69) is 31.2 Å². The molecule has 0 saturated carbocycles. The van der Waals surface area contributed by atoms with E-state index in [0.29, 0.717) is 0 Å². The van der Waals surface area contributed by atoms with Gasteiger partial charge >= 0.3 is 0 Å². The van der Waals surface area contributed by atoms with Crippen molar-refractivity contribution in [1.82, 2.24) is 0 Å². The van der Waals surface area contributed by atoms with Crippen molar-refractivity contribution in [3.05, 3.63) is 58.6 Å². The van der Waals surface area contributed by atoms with Gasteiger partial charge < -0.3 is 5.73 Å². The highest BCUT2D eigenvalue weighted by Crippen LogP contribution is 2.34. The van der Waals surface area contributed by atoms with Gasteiger partial charge in [0.05, 0.1) is 5.02 Å². The van der Waals surface area contributed by atoms with Crippen LogP contribution in [0.2, 0.25) is 5.02 Å². The maximum Gasteiger partial charge on any atom is 0.0562 e. The monoisotopic (exact) mass is 263 g/mol. The molecule has 1 nitrogen and oxygen atoms in total. The van der Waals surface area contributed by atoms with Gasteiger partial charge in [-0.25, -0.2) is 0 Å². The van der Waals surface area contributed by atoms with Gasteiger partial charge in [-0.05, 0) is 24.6 Å². The Morgan fingerprint density at radius 2 is 1.94 bits per heavy atom. The minimum atomic E-state index is 0.725. The molecule has 2 N–H and O–H groups in total. The van der Waals surface area contributed by atoms with Crippen molar-refractivity contribution in [3.8, 4) is 0 Å². The summed E-state index contributed by atoms with van der Waals surface area (Å²) in [6, 6.07) is 14.1. The zero-order valence-electron chi connectivity index (χ0n) is 9.61. The molecule has 3 heteroatoms. The highest BCUT2D eigenvalue weighted by atomic mass is 35.5. The van der Waals surface area contributed by atoms with Crippen molar-refractivity contribution in [2.24, 2.45) is 0 Å². The summed E-state index contributed by atoms with van der Waals surface area (Å²) in [6.45, 7) is 2.10. The third-order valence-electron chi connectivity index (χ3n) is 2.46. The number of rotatable bonds is 3. The number of hydrogen-bond donors (Lipinski definition) is 1. The van der Waals surface area contributed by atoms with Gasteiger partial charge in [-0.3, -0.25) is 0 Å². The molecule has 0 aromatic heterocycles. The van der Waals surface area contributed by atoms with Crippen LogP contribution >= 0.6 is 23.4 Å². The van der Waals surface area contributed by atoms with Gasteiger partial charge in [-0.15, -0.1) is 11.8 Å². The van der Waals surface area contributed by atoms with Crippen LogP contribution in [0.5, 0.6) is 0 Å². The molecule has 0 saturated heterocycles. The van der Waals surface area contributed by atoms with Gasteiger partial charge in [0, 0.05) is 16.3 Å². The molecule has 0 heterocycles. The topological polar surface area (TPSA) is 26.0 Å². The number of thioether (sulfide) groups is 1. The van der Waals surface area contributed by atoms with Gasteiger partial charge in [-0.2, -0.15) is 0 Å². The van der Waals surface area contributed by atoms with E-state index in [9.17, 15) is 0 Å². The lowest BCUT2D eigenvalue weighted by Gasteiger charge is -2.07. The van der Waals surface area contributed by atoms with Crippen LogP contribution in [-0.2, 0) is 5.75 Å². The molecule has 0 amide bonds. The maximum atomic E-state index is 6.13.